The fraction of sp³-hybridized carbons (Fsp3) is 0.345. The van der Waals surface area contributed by atoms with E-state index in [9.17, 15) is 9.18 Å². The van der Waals surface area contributed by atoms with Gasteiger partial charge in [-0.25, -0.2) is 9.18 Å². The highest BCUT2D eigenvalue weighted by atomic mass is 19.1. The number of carbonyl (C=O) groups is 1. The van der Waals surface area contributed by atoms with Crippen LogP contribution in [0.4, 0.5) is 9.18 Å². The van der Waals surface area contributed by atoms with Gasteiger partial charge in [0.2, 0.25) is 0 Å². The van der Waals surface area contributed by atoms with Crippen LogP contribution in [-0.4, -0.2) is 57.9 Å². The first-order chi connectivity index (χ1) is 17.8. The molecule has 1 aromatic carbocycles. The Balaban J connectivity index is 1.45. The lowest BCUT2D eigenvalue weighted by atomic mass is 10.00. The van der Waals surface area contributed by atoms with Gasteiger partial charge in [0.15, 0.2) is 0 Å². The number of hydrogen-bond donors (Lipinski definition) is 3. The predicted molar refractivity (Wildman–Crippen MR) is 147 cm³/mol. The minimum atomic E-state index is -0.210. The van der Waals surface area contributed by atoms with Gasteiger partial charge in [-0.05, 0) is 81.1 Å². The molecule has 0 bridgehead atoms. The third kappa shape index (κ3) is 6.14. The maximum Gasteiger partial charge on any atom is 0.322 e. The number of amides is 2. The Morgan fingerprint density at radius 3 is 2.86 bits per heavy atom. The average Bonchev–Trinajstić information content (AvgIpc) is 3.20. The Bertz CT molecular complexity index is 1270. The number of rotatable bonds is 7. The average molecular weight is 503 g/mol. The number of halogens is 1. The second kappa shape index (κ2) is 11.5. The molecule has 2 aliphatic heterocycles. The molecule has 7 nitrogen and oxygen atoms in total. The normalized spacial score (nSPS) is 20.6. The molecule has 194 valence electrons. The molecule has 0 saturated carbocycles. The largest absolute Gasteiger partial charge is 0.322 e. The second-order valence-electron chi connectivity index (χ2n) is 9.79. The summed E-state index contributed by atoms with van der Waals surface area (Å²) >= 11 is 0. The summed E-state index contributed by atoms with van der Waals surface area (Å²) in [5.74, 6) is -0.210. The third-order valence-electron chi connectivity index (χ3n) is 6.89. The molecular formula is C29H35FN6O. The molecule has 1 aromatic heterocycles. The van der Waals surface area contributed by atoms with Crippen molar-refractivity contribution in [3.63, 3.8) is 0 Å². The maximum absolute atomic E-state index is 13.9. The Hall–Kier alpha value is -3.78. The van der Waals surface area contributed by atoms with E-state index in [-0.39, 0.29) is 17.9 Å². The van der Waals surface area contributed by atoms with Crippen LogP contribution in [0.25, 0.3) is 11.6 Å². The van der Waals surface area contributed by atoms with Gasteiger partial charge in [-0.3, -0.25) is 10.00 Å². The zero-order valence-corrected chi connectivity index (χ0v) is 21.8. The fourth-order valence-corrected chi connectivity index (χ4v) is 5.12. The van der Waals surface area contributed by atoms with Crippen LogP contribution < -0.4 is 5.32 Å². The number of hydrogen-bond acceptors (Lipinski definition) is 4. The van der Waals surface area contributed by atoms with Crippen LogP contribution in [0.1, 0.15) is 47.8 Å². The molecule has 2 amide bonds. The number of nitrogens with zero attached hydrogens (tertiary/aromatic N) is 3. The summed E-state index contributed by atoms with van der Waals surface area (Å²) in [5.41, 5.74) is 6.69. The van der Waals surface area contributed by atoms with Crippen molar-refractivity contribution in [3.05, 3.63) is 88.2 Å². The van der Waals surface area contributed by atoms with Gasteiger partial charge in [0.1, 0.15) is 5.82 Å². The Morgan fingerprint density at radius 2 is 2.14 bits per heavy atom. The van der Waals surface area contributed by atoms with Crippen LogP contribution in [0.5, 0.6) is 0 Å². The van der Waals surface area contributed by atoms with Crippen molar-refractivity contribution in [2.24, 2.45) is 0 Å². The molecular weight excluding hydrogens is 467 g/mol. The van der Waals surface area contributed by atoms with Crippen molar-refractivity contribution in [2.45, 2.75) is 46.2 Å². The second-order valence-corrected chi connectivity index (χ2v) is 9.79. The zero-order chi connectivity index (χ0) is 26.5. The van der Waals surface area contributed by atoms with E-state index < -0.39 is 0 Å². The fourth-order valence-electron chi connectivity index (χ4n) is 5.12. The number of aromatic nitrogens is 2. The van der Waals surface area contributed by atoms with Gasteiger partial charge < -0.3 is 15.6 Å². The van der Waals surface area contributed by atoms with Crippen molar-refractivity contribution in [1.82, 2.24) is 25.3 Å². The van der Waals surface area contributed by atoms with E-state index in [1.165, 1.54) is 12.3 Å². The summed E-state index contributed by atoms with van der Waals surface area (Å²) in [5, 5.41) is 17.9. The van der Waals surface area contributed by atoms with E-state index in [0.29, 0.717) is 18.8 Å². The number of aromatic amines is 1. The SMILES string of the molecule is C=C1CN([C@@H]2CCCN(Cc3cc(C)cc(F)c3)C2)C(=O)N/C1=C/c1[nH]nc(C(/C=C/C)=C/C=N)c1C. The molecule has 2 aromatic rings. The standard InChI is InChI=1S/C29H35FN6O/c1-5-7-23(9-10-31)28-21(4)27(33-34-28)15-26-20(3)16-36(29(37)32-26)25-8-6-11-35(18-25)17-22-12-19(2)13-24(30)14-22/h5,7,9-10,12-15,25,31H,3,6,8,11,16-18H2,1-2,4H3,(H,32,37)(H,33,34)/b7-5+,23-9+,26-15+,31-10?/t25-/m1/s1. The number of aryl methyl sites for hydroxylation is 1. The van der Waals surface area contributed by atoms with E-state index >= 15 is 0 Å². The molecule has 3 N–H and O–H groups in total. The molecule has 37 heavy (non-hydrogen) atoms. The molecule has 3 heterocycles. The van der Waals surface area contributed by atoms with E-state index in [2.05, 4.69) is 27.0 Å². The van der Waals surface area contributed by atoms with E-state index in [0.717, 1.165) is 65.2 Å². The first kappa shape index (κ1) is 26.3. The highest BCUT2D eigenvalue weighted by Crippen LogP contribution is 2.26. The van der Waals surface area contributed by atoms with Crippen LogP contribution in [0.3, 0.4) is 0 Å². The monoisotopic (exact) mass is 502 g/mol. The van der Waals surface area contributed by atoms with E-state index in [4.69, 9.17) is 5.41 Å². The van der Waals surface area contributed by atoms with E-state index in [1.54, 1.807) is 12.1 Å². The van der Waals surface area contributed by atoms with Gasteiger partial charge in [-0.2, -0.15) is 5.10 Å². The van der Waals surface area contributed by atoms with Crippen LogP contribution >= 0.6 is 0 Å². The Kier molecular flexibility index (Phi) is 8.18. The van der Waals surface area contributed by atoms with Gasteiger partial charge in [0, 0.05) is 48.7 Å². The van der Waals surface area contributed by atoms with Gasteiger partial charge in [0.25, 0.3) is 0 Å². The van der Waals surface area contributed by atoms with Crippen LogP contribution in [0.2, 0.25) is 0 Å². The molecule has 8 heteroatoms. The quantitative estimate of drug-likeness (QED) is 0.352. The number of urea groups is 1. The van der Waals surface area contributed by atoms with Gasteiger partial charge in [-0.1, -0.05) is 24.8 Å². The molecule has 0 radical (unpaired) electrons. The van der Waals surface area contributed by atoms with Crippen molar-refractivity contribution >= 4 is 23.9 Å². The zero-order valence-electron chi connectivity index (χ0n) is 21.8. The summed E-state index contributed by atoms with van der Waals surface area (Å²) in [7, 11) is 0. The summed E-state index contributed by atoms with van der Waals surface area (Å²) in [6.07, 6.45) is 10.5. The van der Waals surface area contributed by atoms with E-state index in [1.807, 2.05) is 50.0 Å². The lowest BCUT2D eigenvalue weighted by Gasteiger charge is -2.42. The van der Waals surface area contributed by atoms with Gasteiger partial charge in [-0.15, -0.1) is 0 Å². The molecule has 2 saturated heterocycles. The molecule has 4 rings (SSSR count). The molecule has 1 atom stereocenters. The number of H-pyrrole nitrogens is 1. The lowest BCUT2D eigenvalue weighted by Crippen LogP contribution is -2.56. The summed E-state index contributed by atoms with van der Waals surface area (Å²) < 4.78 is 13.9. The van der Waals surface area contributed by atoms with Crippen LogP contribution in [0.15, 0.2) is 54.3 Å². The van der Waals surface area contributed by atoms with Crippen molar-refractivity contribution in [2.75, 3.05) is 19.6 Å². The first-order valence-corrected chi connectivity index (χ1v) is 12.6. The highest BCUT2D eigenvalue weighted by Gasteiger charge is 2.33. The van der Waals surface area contributed by atoms with Gasteiger partial charge >= 0.3 is 6.03 Å². The van der Waals surface area contributed by atoms with Crippen molar-refractivity contribution in [1.29, 1.82) is 5.41 Å². The summed E-state index contributed by atoms with van der Waals surface area (Å²) in [4.78, 5) is 17.3. The number of carbonyl (C=O) groups excluding carboxylic acids is 1. The van der Waals surface area contributed by atoms with Crippen LogP contribution in [0, 0.1) is 25.1 Å². The third-order valence-corrected chi connectivity index (χ3v) is 6.89. The smallest absolute Gasteiger partial charge is 0.316 e. The molecule has 2 aliphatic rings. The number of piperidine rings is 1. The van der Waals surface area contributed by atoms with Crippen LogP contribution in [-0.2, 0) is 6.54 Å². The minimum absolute atomic E-state index is 0.0665. The molecule has 0 unspecified atom stereocenters. The molecule has 2 fully saturated rings. The lowest BCUT2D eigenvalue weighted by molar-refractivity contribution is 0.110. The minimum Gasteiger partial charge on any atom is -0.316 e. The number of likely N-dealkylation sites (tertiary alicyclic amines) is 1. The maximum atomic E-state index is 13.9. The van der Waals surface area contributed by atoms with Gasteiger partial charge in [0.05, 0.1) is 11.4 Å². The number of nitrogens with one attached hydrogen (secondary N) is 3. The topological polar surface area (TPSA) is 88.1 Å². The number of allylic oxidation sites excluding steroid dienone is 4. The highest BCUT2D eigenvalue weighted by molar-refractivity contribution is 5.88. The summed E-state index contributed by atoms with van der Waals surface area (Å²) in [6, 6.07) is 5.08. The Morgan fingerprint density at radius 1 is 1.32 bits per heavy atom. The summed E-state index contributed by atoms with van der Waals surface area (Å²) in [6.45, 7) is 12.8. The first-order valence-electron chi connectivity index (χ1n) is 12.6. The number of benzene rings is 1. The predicted octanol–water partition coefficient (Wildman–Crippen LogP) is 5.36. The Labute approximate surface area is 217 Å². The molecule has 0 aliphatic carbocycles. The van der Waals surface area contributed by atoms with Crippen molar-refractivity contribution in [3.8, 4) is 0 Å². The van der Waals surface area contributed by atoms with Crippen molar-refractivity contribution < 1.29 is 9.18 Å². The molecule has 0 spiro atoms.